The van der Waals surface area contributed by atoms with Gasteiger partial charge in [0.25, 0.3) is 0 Å². The molecule has 2 rings (SSSR count). The SMILES string of the molecule is CNC(c1ccc(C)cc1Cl)C1CCCC(S(C)(=O)=O)C1. The molecule has 1 N–H and O–H groups in total. The first-order valence-corrected chi connectivity index (χ1v) is 9.78. The van der Waals surface area contributed by atoms with Gasteiger partial charge in [0.15, 0.2) is 0 Å². The molecule has 5 heteroatoms. The van der Waals surface area contributed by atoms with Crippen LogP contribution >= 0.6 is 11.6 Å². The van der Waals surface area contributed by atoms with Crippen molar-refractivity contribution in [2.45, 2.75) is 43.9 Å². The summed E-state index contributed by atoms with van der Waals surface area (Å²) in [6, 6.07) is 6.20. The second-order valence-corrected chi connectivity index (χ2v) is 8.90. The third-order valence-corrected chi connectivity index (χ3v) is 6.51. The van der Waals surface area contributed by atoms with Crippen LogP contribution in [0.15, 0.2) is 18.2 Å². The first kappa shape index (κ1) is 16.8. The van der Waals surface area contributed by atoms with E-state index in [1.165, 1.54) is 6.26 Å². The fraction of sp³-hybridized carbons (Fsp3) is 0.625. The van der Waals surface area contributed by atoms with Crippen LogP contribution in [0.1, 0.15) is 42.9 Å². The highest BCUT2D eigenvalue weighted by molar-refractivity contribution is 7.91. The van der Waals surface area contributed by atoms with Gasteiger partial charge in [-0.3, -0.25) is 0 Å². The molecule has 1 aliphatic rings. The number of hydrogen-bond acceptors (Lipinski definition) is 3. The third kappa shape index (κ3) is 3.99. The minimum absolute atomic E-state index is 0.114. The Labute approximate surface area is 133 Å². The van der Waals surface area contributed by atoms with Gasteiger partial charge in [0.05, 0.1) is 5.25 Å². The Morgan fingerprint density at radius 1 is 1.33 bits per heavy atom. The van der Waals surface area contributed by atoms with E-state index in [0.717, 1.165) is 35.4 Å². The zero-order valence-corrected chi connectivity index (χ0v) is 14.5. The molecule has 0 heterocycles. The Morgan fingerprint density at radius 2 is 2.05 bits per heavy atom. The van der Waals surface area contributed by atoms with Crippen molar-refractivity contribution in [2.24, 2.45) is 5.92 Å². The van der Waals surface area contributed by atoms with Gasteiger partial charge in [0, 0.05) is 17.3 Å². The van der Waals surface area contributed by atoms with Crippen LogP contribution in [0, 0.1) is 12.8 Å². The molecule has 0 amide bonds. The number of nitrogens with one attached hydrogen (secondary N) is 1. The van der Waals surface area contributed by atoms with Crippen LogP contribution in [0.2, 0.25) is 5.02 Å². The molecule has 1 aromatic carbocycles. The minimum atomic E-state index is -2.96. The molecule has 0 bridgehead atoms. The smallest absolute Gasteiger partial charge is 0.150 e. The summed E-state index contributed by atoms with van der Waals surface area (Å²) in [6.45, 7) is 2.02. The summed E-state index contributed by atoms with van der Waals surface area (Å²) in [4.78, 5) is 0. The summed E-state index contributed by atoms with van der Waals surface area (Å²) in [6.07, 6.45) is 4.86. The summed E-state index contributed by atoms with van der Waals surface area (Å²) in [5.41, 5.74) is 2.21. The molecule has 0 radical (unpaired) electrons. The molecule has 3 nitrogen and oxygen atoms in total. The van der Waals surface area contributed by atoms with Crippen molar-refractivity contribution in [1.82, 2.24) is 5.32 Å². The van der Waals surface area contributed by atoms with E-state index in [1.807, 2.05) is 20.0 Å². The van der Waals surface area contributed by atoms with Gasteiger partial charge >= 0.3 is 0 Å². The van der Waals surface area contributed by atoms with Gasteiger partial charge in [-0.2, -0.15) is 0 Å². The second kappa shape index (κ2) is 6.67. The summed E-state index contributed by atoms with van der Waals surface area (Å²) >= 11 is 6.39. The molecule has 118 valence electrons. The standard InChI is InChI=1S/C16H24ClNO2S/c1-11-7-8-14(15(17)9-11)16(18-2)12-5-4-6-13(10-12)21(3,19)20/h7-9,12-13,16,18H,4-6,10H2,1-3H3. The van der Waals surface area contributed by atoms with E-state index in [9.17, 15) is 8.42 Å². The lowest BCUT2D eigenvalue weighted by Gasteiger charge is -2.34. The fourth-order valence-electron chi connectivity index (χ4n) is 3.40. The lowest BCUT2D eigenvalue weighted by atomic mass is 9.80. The quantitative estimate of drug-likeness (QED) is 0.919. The third-order valence-electron chi connectivity index (χ3n) is 4.55. The maximum Gasteiger partial charge on any atom is 0.150 e. The average molecular weight is 330 g/mol. The van der Waals surface area contributed by atoms with Crippen LogP contribution in [0.4, 0.5) is 0 Å². The fourth-order valence-corrected chi connectivity index (χ4v) is 4.95. The normalized spacial score (nSPS) is 24.8. The van der Waals surface area contributed by atoms with Crippen molar-refractivity contribution in [2.75, 3.05) is 13.3 Å². The van der Waals surface area contributed by atoms with Crippen molar-refractivity contribution in [3.63, 3.8) is 0 Å². The van der Waals surface area contributed by atoms with Gasteiger partial charge < -0.3 is 5.32 Å². The van der Waals surface area contributed by atoms with Crippen molar-refractivity contribution in [3.8, 4) is 0 Å². The van der Waals surface area contributed by atoms with Gasteiger partial charge in [-0.25, -0.2) is 8.42 Å². The highest BCUT2D eigenvalue weighted by atomic mass is 35.5. The summed E-state index contributed by atoms with van der Waals surface area (Å²) < 4.78 is 23.7. The van der Waals surface area contributed by atoms with Crippen LogP contribution in [0.5, 0.6) is 0 Å². The van der Waals surface area contributed by atoms with Gasteiger partial charge in [-0.15, -0.1) is 0 Å². The van der Waals surface area contributed by atoms with Crippen LogP contribution in [-0.4, -0.2) is 27.0 Å². The largest absolute Gasteiger partial charge is 0.313 e. The predicted molar refractivity (Wildman–Crippen MR) is 88.6 cm³/mol. The summed E-state index contributed by atoms with van der Waals surface area (Å²) in [5, 5.41) is 3.89. The highest BCUT2D eigenvalue weighted by Crippen LogP contribution is 2.38. The van der Waals surface area contributed by atoms with Gasteiger partial charge in [-0.05, 0) is 56.3 Å². The van der Waals surface area contributed by atoms with Gasteiger partial charge in [0.1, 0.15) is 9.84 Å². The number of benzene rings is 1. The van der Waals surface area contributed by atoms with Gasteiger partial charge in [0.2, 0.25) is 0 Å². The topological polar surface area (TPSA) is 46.2 Å². The molecular weight excluding hydrogens is 306 g/mol. The molecule has 0 aliphatic heterocycles. The Bertz CT molecular complexity index is 600. The zero-order valence-electron chi connectivity index (χ0n) is 12.9. The van der Waals surface area contributed by atoms with Crippen molar-refractivity contribution >= 4 is 21.4 Å². The van der Waals surface area contributed by atoms with E-state index in [4.69, 9.17) is 11.6 Å². The molecule has 1 saturated carbocycles. The van der Waals surface area contributed by atoms with Crippen LogP contribution in [0.25, 0.3) is 0 Å². The monoisotopic (exact) mass is 329 g/mol. The minimum Gasteiger partial charge on any atom is -0.313 e. The van der Waals surface area contributed by atoms with Crippen molar-refractivity contribution in [3.05, 3.63) is 34.3 Å². The van der Waals surface area contributed by atoms with E-state index < -0.39 is 9.84 Å². The molecule has 1 fully saturated rings. The molecule has 3 unspecified atom stereocenters. The number of halogens is 1. The van der Waals surface area contributed by atoms with Gasteiger partial charge in [-0.1, -0.05) is 30.2 Å². The summed E-state index contributed by atoms with van der Waals surface area (Å²) in [7, 11) is -1.04. The predicted octanol–water partition coefficient (Wildman–Crippen LogP) is 3.51. The number of aryl methyl sites for hydroxylation is 1. The first-order valence-electron chi connectivity index (χ1n) is 7.45. The van der Waals surface area contributed by atoms with Crippen molar-refractivity contribution in [1.29, 1.82) is 0 Å². The molecule has 1 aliphatic carbocycles. The molecular formula is C16H24ClNO2S. The summed E-state index contributed by atoms with van der Waals surface area (Å²) in [5.74, 6) is 0.309. The Kier molecular flexibility index (Phi) is 5.33. The first-order chi connectivity index (χ1) is 9.82. The van der Waals surface area contributed by atoms with E-state index >= 15 is 0 Å². The van der Waals surface area contributed by atoms with Crippen LogP contribution in [-0.2, 0) is 9.84 Å². The molecule has 21 heavy (non-hydrogen) atoms. The average Bonchev–Trinajstić information content (AvgIpc) is 2.41. The Balaban J connectivity index is 2.24. The zero-order chi connectivity index (χ0) is 15.6. The van der Waals surface area contributed by atoms with E-state index in [1.54, 1.807) is 0 Å². The highest BCUT2D eigenvalue weighted by Gasteiger charge is 2.33. The lowest BCUT2D eigenvalue weighted by Crippen LogP contribution is -2.34. The number of sulfone groups is 1. The molecule has 0 saturated heterocycles. The molecule has 3 atom stereocenters. The van der Waals surface area contributed by atoms with E-state index in [2.05, 4.69) is 17.4 Å². The molecule has 0 spiro atoms. The van der Waals surface area contributed by atoms with E-state index in [0.29, 0.717) is 12.3 Å². The van der Waals surface area contributed by atoms with Crippen molar-refractivity contribution < 1.29 is 8.42 Å². The van der Waals surface area contributed by atoms with Crippen LogP contribution < -0.4 is 5.32 Å². The number of rotatable bonds is 4. The maximum absolute atomic E-state index is 11.8. The Hall–Kier alpha value is -0.580. The maximum atomic E-state index is 11.8. The number of hydrogen-bond donors (Lipinski definition) is 1. The van der Waals surface area contributed by atoms with E-state index in [-0.39, 0.29) is 11.3 Å². The lowest BCUT2D eigenvalue weighted by molar-refractivity contribution is 0.283. The second-order valence-electron chi connectivity index (χ2n) is 6.17. The molecule has 0 aromatic heterocycles. The van der Waals surface area contributed by atoms with Crippen LogP contribution in [0.3, 0.4) is 0 Å². The Morgan fingerprint density at radius 3 is 2.62 bits per heavy atom. The molecule has 1 aromatic rings.